The molecule has 0 aliphatic carbocycles. The number of benzene rings is 1. The lowest BCUT2D eigenvalue weighted by molar-refractivity contribution is 0.0988. The average molecular weight is 221 g/mol. The molecule has 0 fully saturated rings. The predicted octanol–water partition coefficient (Wildman–Crippen LogP) is 3.64. The van der Waals surface area contributed by atoms with Crippen LogP contribution in [0.15, 0.2) is 6.07 Å². The zero-order valence-electron chi connectivity index (χ0n) is 9.90. The Bertz CT molecular complexity index is 368. The Morgan fingerprint density at radius 2 is 1.60 bits per heavy atom. The van der Waals surface area contributed by atoms with E-state index in [0.717, 1.165) is 22.9 Å². The number of rotatable bonds is 3. The molecule has 0 amide bonds. The van der Waals surface area contributed by atoms with E-state index in [0.29, 0.717) is 6.42 Å². The van der Waals surface area contributed by atoms with Gasteiger partial charge in [-0.25, -0.2) is 0 Å². The summed E-state index contributed by atoms with van der Waals surface area (Å²) in [6, 6.07) is 2.15. The normalized spacial score (nSPS) is 10.5. The van der Waals surface area contributed by atoms with Crippen molar-refractivity contribution in [1.29, 1.82) is 0 Å². The van der Waals surface area contributed by atoms with Gasteiger partial charge in [-0.1, -0.05) is 6.07 Å². The zero-order chi connectivity index (χ0) is 11.6. The van der Waals surface area contributed by atoms with E-state index in [2.05, 4.69) is 29.2 Å². The predicted molar refractivity (Wildman–Crippen MR) is 67.5 cm³/mol. The largest absolute Gasteiger partial charge is 0.558 e. The minimum absolute atomic E-state index is 0.242. The molecule has 0 aliphatic rings. The lowest BCUT2D eigenvalue weighted by Gasteiger charge is -2.14. The molecule has 0 unspecified atom stereocenters. The summed E-state index contributed by atoms with van der Waals surface area (Å²) in [5.41, 5.74) is 5.59. The summed E-state index contributed by atoms with van der Waals surface area (Å²) in [6.07, 6.45) is 1.30. The fraction of sp³-hybridized carbons (Fsp3) is 0.462. The molecule has 1 nitrogen and oxygen atoms in total. The molecule has 0 saturated heterocycles. The van der Waals surface area contributed by atoms with Crippen LogP contribution in [-0.4, -0.2) is 11.9 Å². The van der Waals surface area contributed by atoms with Gasteiger partial charge >= 0.3 is 0 Å². The van der Waals surface area contributed by atoms with Crippen LogP contribution in [0.3, 0.4) is 0 Å². The van der Waals surface area contributed by atoms with Gasteiger partial charge in [-0.3, -0.25) is 4.79 Å². The summed E-state index contributed by atoms with van der Waals surface area (Å²) in [5, 5.41) is 0. The maximum Gasteiger partial charge on any atom is 0.161 e. The van der Waals surface area contributed by atoms with Crippen molar-refractivity contribution in [2.45, 2.75) is 34.1 Å². The summed E-state index contributed by atoms with van der Waals surface area (Å²) < 4.78 is 0. The highest BCUT2D eigenvalue weighted by Crippen LogP contribution is 2.23. The highest BCUT2D eigenvalue weighted by Gasteiger charge is 2.13. The topological polar surface area (TPSA) is 17.1 Å². The second kappa shape index (κ2) is 4.90. The molecule has 0 radical (unpaired) electrons. The van der Waals surface area contributed by atoms with Crippen molar-refractivity contribution < 1.29 is 4.79 Å². The Kier molecular flexibility index (Phi) is 4.04. The van der Waals surface area contributed by atoms with Crippen LogP contribution in [0.4, 0.5) is 0 Å². The van der Waals surface area contributed by atoms with Crippen LogP contribution in [0.2, 0.25) is 0 Å². The molecule has 15 heavy (non-hydrogen) atoms. The molecule has 0 aromatic heterocycles. The Hall–Kier alpha value is -0.680. The number of carbonyl (C=O) groups excluding carboxylic acids is 1. The van der Waals surface area contributed by atoms with E-state index in [1.807, 2.05) is 13.8 Å². The summed E-state index contributed by atoms with van der Waals surface area (Å²) in [4.78, 5) is 12.0. The fourth-order valence-electron chi connectivity index (χ4n) is 1.87. The van der Waals surface area contributed by atoms with Crippen LogP contribution in [0.1, 0.15) is 39.0 Å². The molecule has 0 aliphatic heterocycles. The van der Waals surface area contributed by atoms with Crippen molar-refractivity contribution in [3.05, 3.63) is 33.9 Å². The van der Waals surface area contributed by atoms with E-state index in [4.69, 9.17) is 0 Å². The second-order valence-electron chi connectivity index (χ2n) is 4.06. The third-order valence-corrected chi connectivity index (χ3v) is 3.25. The first kappa shape index (κ1) is 12.4. The van der Waals surface area contributed by atoms with E-state index < -0.39 is 0 Å². The third kappa shape index (κ3) is 2.46. The number of Topliss-reactive ketones (excluding diaryl/α,β-unsaturated/α-hetero) is 1. The van der Waals surface area contributed by atoms with Gasteiger partial charge in [0.15, 0.2) is 5.78 Å². The van der Waals surface area contributed by atoms with Gasteiger partial charge < -0.3 is 9.24 Å². The van der Waals surface area contributed by atoms with Crippen LogP contribution in [-0.2, 0) is 0 Å². The van der Waals surface area contributed by atoms with E-state index in [-0.39, 0.29) is 5.78 Å². The van der Waals surface area contributed by atoms with Crippen molar-refractivity contribution >= 4 is 15.0 Å². The van der Waals surface area contributed by atoms with Crippen LogP contribution >= 0.6 is 9.24 Å². The van der Waals surface area contributed by atoms with Crippen molar-refractivity contribution in [1.82, 2.24) is 0 Å². The van der Waals surface area contributed by atoms with Crippen molar-refractivity contribution in [2.75, 3.05) is 6.16 Å². The lowest BCUT2D eigenvalue weighted by atomic mass is 9.91. The van der Waals surface area contributed by atoms with Crippen LogP contribution < -0.4 is 0 Å². The maximum absolute atomic E-state index is 12.0. The first-order chi connectivity index (χ1) is 6.99. The molecule has 1 aromatic rings. The molecule has 2 heteroatoms. The highest BCUT2D eigenvalue weighted by molar-refractivity contribution is 7.16. The molecular formula is C13H18OP-. The molecule has 0 N–H and O–H groups in total. The summed E-state index contributed by atoms with van der Waals surface area (Å²) in [6.45, 7) is 8.18. The Balaban J connectivity index is 3.32. The number of ketones is 1. The zero-order valence-corrected chi connectivity index (χ0v) is 10.9. The molecule has 0 saturated carbocycles. The van der Waals surface area contributed by atoms with Crippen LogP contribution in [0.5, 0.6) is 0 Å². The van der Waals surface area contributed by atoms with E-state index in [9.17, 15) is 4.79 Å². The first-order valence-electron chi connectivity index (χ1n) is 5.24. The smallest absolute Gasteiger partial charge is 0.161 e. The van der Waals surface area contributed by atoms with Gasteiger partial charge in [-0.05, 0) is 56.4 Å². The summed E-state index contributed by atoms with van der Waals surface area (Å²) in [5.74, 6) is 0.242. The minimum Gasteiger partial charge on any atom is -0.558 e. The lowest BCUT2D eigenvalue weighted by Crippen LogP contribution is -2.07. The van der Waals surface area contributed by atoms with Gasteiger partial charge in [0.2, 0.25) is 0 Å². The quantitative estimate of drug-likeness (QED) is 0.562. The average Bonchev–Trinajstić information content (AvgIpc) is 2.16. The Labute approximate surface area is 94.5 Å². The van der Waals surface area contributed by atoms with Crippen molar-refractivity contribution in [2.24, 2.45) is 0 Å². The van der Waals surface area contributed by atoms with Crippen LogP contribution in [0.25, 0.3) is 0 Å². The van der Waals surface area contributed by atoms with Gasteiger partial charge in [-0.15, -0.1) is 0 Å². The summed E-state index contributed by atoms with van der Waals surface area (Å²) >= 11 is 0. The Morgan fingerprint density at radius 3 is 2.00 bits per heavy atom. The van der Waals surface area contributed by atoms with E-state index in [1.165, 1.54) is 11.1 Å². The van der Waals surface area contributed by atoms with Gasteiger partial charge in [0, 0.05) is 5.56 Å². The van der Waals surface area contributed by atoms with Gasteiger partial charge in [0.25, 0.3) is 0 Å². The number of hydrogen-bond acceptors (Lipinski definition) is 1. The SMILES string of the molecule is Cc1cc(C)c(C)c(C(=O)CC[PH-])c1C. The highest BCUT2D eigenvalue weighted by atomic mass is 31.0. The first-order valence-corrected chi connectivity index (χ1v) is 5.95. The molecule has 1 aromatic carbocycles. The fourth-order valence-corrected chi connectivity index (χ4v) is 2.10. The van der Waals surface area contributed by atoms with Gasteiger partial charge in [-0.2, -0.15) is 6.16 Å². The third-order valence-electron chi connectivity index (χ3n) is 3.00. The maximum atomic E-state index is 12.0. The number of aryl methyl sites for hydroxylation is 2. The number of hydrogen-bond donors (Lipinski definition) is 0. The molecule has 0 atom stereocenters. The van der Waals surface area contributed by atoms with Gasteiger partial charge in [0.05, 0.1) is 0 Å². The summed E-state index contributed by atoms with van der Waals surface area (Å²) in [7, 11) is 3.36. The minimum atomic E-state index is 0.242. The standard InChI is InChI=1S/C13H18OP/c1-8-7-9(2)11(4)13(10(8)3)12(14)5-6-15/h7,15H,5-6H2,1-4H3/q-1. The number of carbonyl (C=O) groups is 1. The molecule has 0 spiro atoms. The van der Waals surface area contributed by atoms with Crippen LogP contribution in [0, 0.1) is 27.7 Å². The molecule has 0 bridgehead atoms. The van der Waals surface area contributed by atoms with Gasteiger partial charge in [0.1, 0.15) is 0 Å². The van der Waals surface area contributed by atoms with E-state index >= 15 is 0 Å². The Morgan fingerprint density at radius 1 is 1.13 bits per heavy atom. The second-order valence-corrected chi connectivity index (χ2v) is 4.56. The van der Waals surface area contributed by atoms with E-state index in [1.54, 1.807) is 0 Å². The molecule has 0 heterocycles. The molecule has 82 valence electrons. The molecule has 1 rings (SSSR count). The van der Waals surface area contributed by atoms with Crippen molar-refractivity contribution in [3.8, 4) is 0 Å². The monoisotopic (exact) mass is 221 g/mol. The molecular weight excluding hydrogens is 203 g/mol. The van der Waals surface area contributed by atoms with Crippen molar-refractivity contribution in [3.63, 3.8) is 0 Å².